The van der Waals surface area contributed by atoms with Crippen molar-refractivity contribution in [3.63, 3.8) is 0 Å². The average molecular weight is 458 g/mol. The van der Waals surface area contributed by atoms with Crippen LogP contribution in [0.5, 0.6) is 0 Å². The van der Waals surface area contributed by atoms with Gasteiger partial charge in [0.2, 0.25) is 0 Å². The van der Waals surface area contributed by atoms with Gasteiger partial charge >= 0.3 is 0 Å². The van der Waals surface area contributed by atoms with Crippen LogP contribution in [0.2, 0.25) is 0 Å². The second-order valence-electron chi connectivity index (χ2n) is 8.08. The third-order valence-electron chi connectivity index (χ3n) is 6.18. The zero-order chi connectivity index (χ0) is 19.5. The van der Waals surface area contributed by atoms with E-state index in [1.54, 1.807) is 12.1 Å². The van der Waals surface area contributed by atoms with Gasteiger partial charge in [0.15, 0.2) is 0 Å². The molecular weight excluding hydrogens is 427 g/mol. The number of nitrogens with zero attached hydrogens (tertiary/aromatic N) is 3. The quantitative estimate of drug-likeness (QED) is 0.653. The van der Waals surface area contributed by atoms with Crippen LogP contribution < -0.4 is 4.90 Å². The molecule has 1 fully saturated rings. The van der Waals surface area contributed by atoms with Crippen LogP contribution in [0.4, 0.5) is 14.5 Å². The SMILES string of the molecule is CN1CCN(CCN2CCCC(c3ccc(F)cc3)c3ccc(F)cc32)CC1.Cl.Cl. The maximum atomic E-state index is 14.1. The van der Waals surface area contributed by atoms with Gasteiger partial charge in [-0.3, -0.25) is 4.90 Å². The lowest BCUT2D eigenvalue weighted by molar-refractivity contribution is 0.157. The molecule has 0 saturated carbocycles. The number of anilines is 1. The van der Waals surface area contributed by atoms with Crippen molar-refractivity contribution in [1.29, 1.82) is 0 Å². The van der Waals surface area contributed by atoms with Gasteiger partial charge in [-0.05, 0) is 55.3 Å². The van der Waals surface area contributed by atoms with Crippen molar-refractivity contribution in [3.05, 3.63) is 65.2 Å². The first kappa shape index (κ1) is 24.9. The van der Waals surface area contributed by atoms with Gasteiger partial charge in [-0.25, -0.2) is 8.78 Å². The first-order valence-electron chi connectivity index (χ1n) is 10.3. The molecule has 1 unspecified atom stereocenters. The third-order valence-corrected chi connectivity index (χ3v) is 6.18. The van der Waals surface area contributed by atoms with E-state index in [0.717, 1.165) is 75.5 Å². The Balaban J connectivity index is 0.00000160. The monoisotopic (exact) mass is 457 g/mol. The van der Waals surface area contributed by atoms with Gasteiger partial charge in [0, 0.05) is 57.4 Å². The number of likely N-dealkylation sites (N-methyl/N-ethyl adjacent to an activating group) is 1. The molecule has 30 heavy (non-hydrogen) atoms. The lowest BCUT2D eigenvalue weighted by Gasteiger charge is -2.34. The van der Waals surface area contributed by atoms with Crippen molar-refractivity contribution < 1.29 is 8.78 Å². The average Bonchev–Trinajstić information content (AvgIpc) is 2.87. The van der Waals surface area contributed by atoms with Gasteiger partial charge in [-0.1, -0.05) is 18.2 Å². The summed E-state index contributed by atoms with van der Waals surface area (Å²) in [5.41, 5.74) is 3.26. The molecule has 7 heteroatoms. The van der Waals surface area contributed by atoms with E-state index in [1.165, 1.54) is 12.1 Å². The van der Waals surface area contributed by atoms with Crippen molar-refractivity contribution in [2.45, 2.75) is 18.8 Å². The summed E-state index contributed by atoms with van der Waals surface area (Å²) < 4.78 is 27.5. The molecule has 2 heterocycles. The summed E-state index contributed by atoms with van der Waals surface area (Å²) in [7, 11) is 2.17. The van der Waals surface area contributed by atoms with Gasteiger partial charge in [-0.2, -0.15) is 0 Å². The molecule has 0 spiro atoms. The molecule has 3 nitrogen and oxygen atoms in total. The van der Waals surface area contributed by atoms with Crippen molar-refractivity contribution in [2.75, 3.05) is 57.8 Å². The number of hydrogen-bond donors (Lipinski definition) is 0. The Morgan fingerprint density at radius 1 is 0.833 bits per heavy atom. The van der Waals surface area contributed by atoms with Crippen LogP contribution in [-0.4, -0.2) is 62.7 Å². The van der Waals surface area contributed by atoms with Crippen molar-refractivity contribution in [3.8, 4) is 0 Å². The summed E-state index contributed by atoms with van der Waals surface area (Å²) in [6.07, 6.45) is 2.04. The van der Waals surface area contributed by atoms with E-state index in [2.05, 4.69) is 21.7 Å². The molecule has 0 radical (unpaired) electrons. The fraction of sp³-hybridized carbons (Fsp3) is 0.478. The predicted octanol–water partition coefficient (Wildman–Crippen LogP) is 4.79. The van der Waals surface area contributed by atoms with Gasteiger partial charge in [0.25, 0.3) is 0 Å². The zero-order valence-corrected chi connectivity index (χ0v) is 19.0. The molecule has 0 N–H and O–H groups in total. The Kier molecular flexibility index (Phi) is 9.35. The normalized spacial score (nSPS) is 20.0. The van der Waals surface area contributed by atoms with E-state index in [0.29, 0.717) is 0 Å². The number of hydrogen-bond acceptors (Lipinski definition) is 3. The molecule has 166 valence electrons. The molecule has 1 atom stereocenters. The first-order chi connectivity index (χ1) is 13.6. The van der Waals surface area contributed by atoms with Gasteiger partial charge < -0.3 is 9.80 Å². The van der Waals surface area contributed by atoms with Crippen LogP contribution in [0, 0.1) is 11.6 Å². The first-order valence-corrected chi connectivity index (χ1v) is 10.3. The van der Waals surface area contributed by atoms with Crippen LogP contribution in [0.15, 0.2) is 42.5 Å². The molecule has 2 aromatic carbocycles. The Labute approximate surface area is 190 Å². The zero-order valence-electron chi connectivity index (χ0n) is 17.4. The van der Waals surface area contributed by atoms with Crippen molar-refractivity contribution in [1.82, 2.24) is 9.80 Å². The summed E-state index contributed by atoms with van der Waals surface area (Å²) in [5.74, 6) is -0.224. The van der Waals surface area contributed by atoms with Crippen LogP contribution >= 0.6 is 24.8 Å². The van der Waals surface area contributed by atoms with E-state index in [4.69, 9.17) is 0 Å². The van der Waals surface area contributed by atoms with Gasteiger partial charge in [0.1, 0.15) is 11.6 Å². The number of halogens is 4. The van der Waals surface area contributed by atoms with E-state index in [1.807, 2.05) is 18.2 Å². The topological polar surface area (TPSA) is 9.72 Å². The fourth-order valence-electron chi connectivity index (χ4n) is 4.45. The van der Waals surface area contributed by atoms with Crippen molar-refractivity contribution >= 4 is 30.5 Å². The molecule has 2 aliphatic rings. The minimum Gasteiger partial charge on any atom is -0.370 e. The second kappa shape index (κ2) is 11.3. The van der Waals surface area contributed by atoms with Crippen LogP contribution in [0.3, 0.4) is 0 Å². The Morgan fingerprint density at radius 3 is 2.20 bits per heavy atom. The van der Waals surface area contributed by atoms with Crippen LogP contribution in [0.25, 0.3) is 0 Å². The van der Waals surface area contributed by atoms with Gasteiger partial charge in [-0.15, -0.1) is 24.8 Å². The Hall–Kier alpha value is -1.40. The van der Waals surface area contributed by atoms with Gasteiger partial charge in [0.05, 0.1) is 0 Å². The highest BCUT2D eigenvalue weighted by atomic mass is 35.5. The Bertz CT molecular complexity index is 796. The van der Waals surface area contributed by atoms with Crippen LogP contribution in [0.1, 0.15) is 29.9 Å². The summed E-state index contributed by atoms with van der Waals surface area (Å²) in [4.78, 5) is 7.21. The summed E-state index contributed by atoms with van der Waals surface area (Å²) >= 11 is 0. The number of rotatable bonds is 4. The van der Waals surface area contributed by atoms with E-state index in [9.17, 15) is 8.78 Å². The molecule has 0 bridgehead atoms. The van der Waals surface area contributed by atoms with Crippen LogP contribution in [-0.2, 0) is 0 Å². The number of piperazine rings is 1. The van der Waals surface area contributed by atoms with E-state index < -0.39 is 0 Å². The summed E-state index contributed by atoms with van der Waals surface area (Å²) in [6.45, 7) is 7.26. The number of fused-ring (bicyclic) bond motifs is 1. The third kappa shape index (κ3) is 5.85. The van der Waals surface area contributed by atoms with E-state index >= 15 is 0 Å². The maximum Gasteiger partial charge on any atom is 0.125 e. The molecule has 0 amide bonds. The highest BCUT2D eigenvalue weighted by molar-refractivity contribution is 5.85. The predicted molar refractivity (Wildman–Crippen MR) is 125 cm³/mol. The lowest BCUT2D eigenvalue weighted by Crippen LogP contribution is -2.47. The lowest BCUT2D eigenvalue weighted by atomic mass is 9.87. The Morgan fingerprint density at radius 2 is 1.50 bits per heavy atom. The molecule has 0 aliphatic carbocycles. The number of benzene rings is 2. The highest BCUT2D eigenvalue weighted by Gasteiger charge is 2.25. The minimum absolute atomic E-state index is 0. The molecule has 1 saturated heterocycles. The summed E-state index contributed by atoms with van der Waals surface area (Å²) in [6, 6.07) is 11.9. The smallest absolute Gasteiger partial charge is 0.125 e. The summed E-state index contributed by atoms with van der Waals surface area (Å²) in [5, 5.41) is 0. The molecule has 0 aromatic heterocycles. The highest BCUT2D eigenvalue weighted by Crippen LogP contribution is 2.39. The largest absolute Gasteiger partial charge is 0.370 e. The fourth-order valence-corrected chi connectivity index (χ4v) is 4.45. The second-order valence-corrected chi connectivity index (χ2v) is 8.08. The minimum atomic E-state index is -0.217. The molecular formula is C23H31Cl2F2N3. The standard InChI is InChI=1S/C23H29F2N3.2ClH/c1-26-11-13-27(14-12-26)15-16-28-10-2-3-21(18-4-6-19(24)7-5-18)22-9-8-20(25)17-23(22)28;;/h4-9,17,21H,2-3,10-16H2,1H3;2*1H. The molecule has 2 aromatic rings. The molecule has 2 aliphatic heterocycles. The van der Waals surface area contributed by atoms with E-state index in [-0.39, 0.29) is 42.4 Å². The maximum absolute atomic E-state index is 14.1. The molecule has 4 rings (SSSR count). The van der Waals surface area contributed by atoms with Crippen molar-refractivity contribution in [2.24, 2.45) is 0 Å².